The highest BCUT2D eigenvalue weighted by molar-refractivity contribution is 5.82. The summed E-state index contributed by atoms with van der Waals surface area (Å²) in [6, 6.07) is 8.59. The average molecular weight is 385 g/mol. The first-order valence-electron chi connectivity index (χ1n) is 10.6. The van der Waals surface area contributed by atoms with E-state index >= 15 is 0 Å². The van der Waals surface area contributed by atoms with E-state index in [9.17, 15) is 0 Å². The maximum Gasteiger partial charge on any atom is 0.178 e. The molecule has 0 saturated carbocycles. The van der Waals surface area contributed by atoms with Crippen molar-refractivity contribution in [3.63, 3.8) is 0 Å². The predicted octanol–water partition coefficient (Wildman–Crippen LogP) is 5.76. The van der Waals surface area contributed by atoms with Gasteiger partial charge in [0.15, 0.2) is 11.6 Å². The molecule has 3 heterocycles. The van der Waals surface area contributed by atoms with Crippen LogP contribution in [0, 0.1) is 24.2 Å². The zero-order valence-electron chi connectivity index (χ0n) is 17.4. The Kier molecular flexibility index (Phi) is 4.12. The molecular formula is C25H28N4. The molecule has 29 heavy (non-hydrogen) atoms. The Bertz CT molecular complexity index is 1020. The third-order valence-corrected chi connectivity index (χ3v) is 7.22. The molecule has 1 aliphatic carbocycles. The standard InChI is InChI=1S/C25H28N4/c1-5-18-24-28(20-13-9-7-11-17(20)3)22-23(27-16-15-26-22)29(24)21-14-10-8-12-19(21)25(18,4)6-2/h6-11,13-16,18-19,24H,2,5,12H2,1,3-4H3. The Balaban J connectivity index is 1.79. The molecule has 4 heteroatoms. The summed E-state index contributed by atoms with van der Waals surface area (Å²) in [5.41, 5.74) is 3.79. The van der Waals surface area contributed by atoms with Gasteiger partial charge in [0, 0.05) is 41.0 Å². The number of hydrogen-bond donors (Lipinski definition) is 0. The number of fused-ring (bicyclic) bond motifs is 5. The van der Waals surface area contributed by atoms with E-state index in [2.05, 4.69) is 85.7 Å². The van der Waals surface area contributed by atoms with E-state index in [0.29, 0.717) is 11.8 Å². The Morgan fingerprint density at radius 2 is 1.90 bits per heavy atom. The Labute approximate surface area is 173 Å². The zero-order chi connectivity index (χ0) is 20.2. The SMILES string of the molecule is C=CC1(C)C2CC=CC=C2N2c3nccnc3N(c3ccccc3C)C2C1CC. The number of nitrogens with zero attached hydrogens (tertiary/aromatic N) is 4. The lowest BCUT2D eigenvalue weighted by atomic mass is 9.60. The lowest BCUT2D eigenvalue weighted by molar-refractivity contribution is 0.114. The van der Waals surface area contributed by atoms with Crippen molar-refractivity contribution < 1.29 is 0 Å². The predicted molar refractivity (Wildman–Crippen MR) is 119 cm³/mol. The first kappa shape index (κ1) is 18.2. The fraction of sp³-hybridized carbons (Fsp3) is 0.360. The average Bonchev–Trinajstić information content (AvgIpc) is 3.09. The van der Waals surface area contributed by atoms with E-state index in [1.165, 1.54) is 16.9 Å². The smallest absolute Gasteiger partial charge is 0.178 e. The molecule has 1 aromatic heterocycles. The van der Waals surface area contributed by atoms with Gasteiger partial charge in [-0.25, -0.2) is 9.97 Å². The minimum atomic E-state index is -0.00448. The van der Waals surface area contributed by atoms with Gasteiger partial charge < -0.3 is 9.80 Å². The van der Waals surface area contributed by atoms with Crippen LogP contribution >= 0.6 is 0 Å². The summed E-state index contributed by atoms with van der Waals surface area (Å²) in [4.78, 5) is 14.5. The largest absolute Gasteiger partial charge is 0.305 e. The third kappa shape index (κ3) is 2.38. The molecule has 0 spiro atoms. The first-order valence-corrected chi connectivity index (χ1v) is 10.6. The van der Waals surface area contributed by atoms with E-state index in [4.69, 9.17) is 9.97 Å². The van der Waals surface area contributed by atoms with Crippen LogP contribution in [-0.2, 0) is 0 Å². The number of para-hydroxylation sites is 1. The molecule has 5 rings (SSSR count). The van der Waals surface area contributed by atoms with Crippen LogP contribution in [0.1, 0.15) is 32.3 Å². The van der Waals surface area contributed by atoms with Crippen LogP contribution in [0.15, 0.2) is 73.2 Å². The van der Waals surface area contributed by atoms with Crippen LogP contribution in [0.2, 0.25) is 0 Å². The van der Waals surface area contributed by atoms with Gasteiger partial charge in [-0.2, -0.15) is 0 Å². The Morgan fingerprint density at radius 1 is 1.17 bits per heavy atom. The number of anilines is 3. The molecule has 2 aromatic rings. The van der Waals surface area contributed by atoms with E-state index in [0.717, 1.165) is 24.5 Å². The minimum absolute atomic E-state index is 0.00448. The van der Waals surface area contributed by atoms with Crippen molar-refractivity contribution in [2.45, 2.75) is 39.8 Å². The summed E-state index contributed by atoms with van der Waals surface area (Å²) in [7, 11) is 0. The van der Waals surface area contributed by atoms with Crippen molar-refractivity contribution >= 4 is 17.3 Å². The molecular weight excluding hydrogens is 356 g/mol. The number of rotatable bonds is 3. The summed E-state index contributed by atoms with van der Waals surface area (Å²) >= 11 is 0. The summed E-state index contributed by atoms with van der Waals surface area (Å²) in [6.45, 7) is 11.2. The number of aromatic nitrogens is 2. The Hall–Kier alpha value is -2.88. The van der Waals surface area contributed by atoms with Crippen LogP contribution in [-0.4, -0.2) is 16.1 Å². The summed E-state index contributed by atoms with van der Waals surface area (Å²) in [5, 5.41) is 0. The van der Waals surface area contributed by atoms with Gasteiger partial charge in [-0.15, -0.1) is 6.58 Å². The zero-order valence-corrected chi connectivity index (χ0v) is 17.4. The van der Waals surface area contributed by atoms with Gasteiger partial charge in [-0.3, -0.25) is 0 Å². The summed E-state index contributed by atoms with van der Waals surface area (Å²) in [6.07, 6.45) is 14.8. The molecule has 4 unspecified atom stereocenters. The number of hydrogen-bond acceptors (Lipinski definition) is 4. The van der Waals surface area contributed by atoms with Crippen molar-refractivity contribution in [1.29, 1.82) is 0 Å². The topological polar surface area (TPSA) is 32.3 Å². The van der Waals surface area contributed by atoms with Crippen molar-refractivity contribution in [3.8, 4) is 0 Å². The quantitative estimate of drug-likeness (QED) is 0.630. The molecule has 1 fully saturated rings. The first-order chi connectivity index (χ1) is 14.1. The van der Waals surface area contributed by atoms with Gasteiger partial charge in [0.25, 0.3) is 0 Å². The normalized spacial score (nSPS) is 29.8. The molecule has 148 valence electrons. The number of aryl methyl sites for hydroxylation is 1. The van der Waals surface area contributed by atoms with E-state index in [1.807, 2.05) is 12.4 Å². The van der Waals surface area contributed by atoms with E-state index < -0.39 is 0 Å². The lowest BCUT2D eigenvalue weighted by Crippen LogP contribution is -2.59. The van der Waals surface area contributed by atoms with E-state index in [-0.39, 0.29) is 11.6 Å². The monoisotopic (exact) mass is 384 g/mol. The fourth-order valence-electron chi connectivity index (χ4n) is 5.72. The molecule has 4 nitrogen and oxygen atoms in total. The number of piperidine rings is 1. The summed E-state index contributed by atoms with van der Waals surface area (Å²) in [5.74, 6) is 2.71. The molecule has 0 radical (unpaired) electrons. The van der Waals surface area contributed by atoms with Gasteiger partial charge in [-0.05, 0) is 37.5 Å². The lowest BCUT2D eigenvalue weighted by Gasteiger charge is -2.56. The highest BCUT2D eigenvalue weighted by atomic mass is 15.5. The van der Waals surface area contributed by atoms with Crippen LogP contribution in [0.4, 0.5) is 17.3 Å². The van der Waals surface area contributed by atoms with Crippen molar-refractivity contribution in [2.24, 2.45) is 17.3 Å². The highest BCUT2D eigenvalue weighted by Crippen LogP contribution is 2.59. The van der Waals surface area contributed by atoms with Crippen molar-refractivity contribution in [2.75, 3.05) is 9.80 Å². The van der Waals surface area contributed by atoms with Crippen LogP contribution in [0.25, 0.3) is 0 Å². The van der Waals surface area contributed by atoms with Crippen LogP contribution in [0.5, 0.6) is 0 Å². The molecule has 1 saturated heterocycles. The van der Waals surface area contributed by atoms with E-state index in [1.54, 1.807) is 0 Å². The maximum atomic E-state index is 4.81. The molecule has 2 aliphatic heterocycles. The fourth-order valence-corrected chi connectivity index (χ4v) is 5.72. The maximum absolute atomic E-state index is 4.81. The van der Waals surface area contributed by atoms with Crippen LogP contribution < -0.4 is 9.80 Å². The molecule has 4 atom stereocenters. The molecule has 1 aromatic carbocycles. The Morgan fingerprint density at radius 3 is 2.59 bits per heavy atom. The highest BCUT2D eigenvalue weighted by Gasteiger charge is 2.57. The van der Waals surface area contributed by atoms with Gasteiger partial charge in [0.1, 0.15) is 6.17 Å². The number of benzene rings is 1. The van der Waals surface area contributed by atoms with Crippen molar-refractivity contribution in [3.05, 3.63) is 78.8 Å². The third-order valence-electron chi connectivity index (χ3n) is 7.22. The minimum Gasteiger partial charge on any atom is -0.305 e. The van der Waals surface area contributed by atoms with Gasteiger partial charge in [-0.1, -0.05) is 50.3 Å². The summed E-state index contributed by atoms with van der Waals surface area (Å²) < 4.78 is 0. The van der Waals surface area contributed by atoms with Gasteiger partial charge in [0.2, 0.25) is 0 Å². The second kappa shape index (κ2) is 6.58. The second-order valence-corrected chi connectivity index (χ2v) is 8.54. The van der Waals surface area contributed by atoms with Gasteiger partial charge in [0.05, 0.1) is 0 Å². The molecule has 3 aliphatic rings. The molecule has 0 amide bonds. The van der Waals surface area contributed by atoms with Crippen LogP contribution in [0.3, 0.4) is 0 Å². The molecule has 0 N–H and O–H groups in total. The number of allylic oxidation sites excluding steroid dienone is 5. The molecule has 0 bridgehead atoms. The van der Waals surface area contributed by atoms with Gasteiger partial charge >= 0.3 is 0 Å². The second-order valence-electron chi connectivity index (χ2n) is 8.54. The van der Waals surface area contributed by atoms with Crippen molar-refractivity contribution in [1.82, 2.24) is 9.97 Å².